The number of imidazole rings is 1. The van der Waals surface area contributed by atoms with Crippen LogP contribution in [0.4, 0.5) is 5.95 Å². The van der Waals surface area contributed by atoms with Crippen molar-refractivity contribution in [3.05, 3.63) is 24.3 Å². The summed E-state index contributed by atoms with van der Waals surface area (Å²) in [4.78, 5) is 0. The first kappa shape index (κ1) is 15.8. The van der Waals surface area contributed by atoms with E-state index in [9.17, 15) is 5.11 Å². The lowest BCUT2D eigenvalue weighted by molar-refractivity contribution is -0.667. The number of aryl methyl sites for hydroxylation is 1. The molecule has 0 radical (unpaired) electrons. The number of nitrogens with two attached hydrogens (primary N) is 1. The second kappa shape index (κ2) is 6.06. The first-order valence-corrected chi connectivity index (χ1v) is 7.81. The Morgan fingerprint density at radius 1 is 1.29 bits per heavy atom. The summed E-state index contributed by atoms with van der Waals surface area (Å²) in [6.07, 6.45) is 1.80. The average Bonchev–Trinajstić information content (AvgIpc) is 2.69. The molecule has 4 heteroatoms. The number of aromatic nitrogens is 2. The summed E-state index contributed by atoms with van der Waals surface area (Å²) in [5.74, 6) is 0.730. The third-order valence-corrected chi connectivity index (χ3v) is 4.11. The molecule has 4 nitrogen and oxygen atoms in total. The highest BCUT2D eigenvalue weighted by molar-refractivity contribution is 5.73. The van der Waals surface area contributed by atoms with Crippen molar-refractivity contribution in [2.24, 2.45) is 5.41 Å². The van der Waals surface area contributed by atoms with Crippen molar-refractivity contribution in [3.8, 4) is 0 Å². The minimum absolute atomic E-state index is 0.161. The molecule has 3 N–H and O–H groups in total. The number of benzene rings is 1. The van der Waals surface area contributed by atoms with Crippen molar-refractivity contribution in [1.82, 2.24) is 4.57 Å². The van der Waals surface area contributed by atoms with Gasteiger partial charge in [-0.15, -0.1) is 0 Å². The smallest absolute Gasteiger partial charge is 0.356 e. The van der Waals surface area contributed by atoms with E-state index in [4.69, 9.17) is 5.73 Å². The zero-order chi connectivity index (χ0) is 15.6. The van der Waals surface area contributed by atoms with Gasteiger partial charge in [0.25, 0.3) is 0 Å². The van der Waals surface area contributed by atoms with Gasteiger partial charge in [0, 0.05) is 0 Å². The molecule has 1 atom stereocenters. The number of fused-ring (bicyclic) bond motifs is 1. The molecule has 0 aliphatic rings. The summed E-state index contributed by atoms with van der Waals surface area (Å²) in [6.45, 7) is 9.76. The van der Waals surface area contributed by atoms with Gasteiger partial charge < -0.3 is 5.11 Å². The average molecular weight is 290 g/mol. The van der Waals surface area contributed by atoms with Gasteiger partial charge in [0.15, 0.2) is 0 Å². The summed E-state index contributed by atoms with van der Waals surface area (Å²) in [5, 5.41) is 10.4. The Labute approximate surface area is 127 Å². The molecule has 0 spiro atoms. The molecule has 2 rings (SSSR count). The van der Waals surface area contributed by atoms with Crippen molar-refractivity contribution < 1.29 is 9.67 Å². The van der Waals surface area contributed by atoms with E-state index in [-0.39, 0.29) is 5.41 Å². The standard InChI is InChI=1S/C17H27N3O/c1-5-6-11-19-13-9-7-8-10-14(13)20(16(19)18)12-15(21)17(2,3)4/h7-10,15,18,21H,5-6,11-12H2,1-4H3/p+1. The number of aliphatic hydroxyl groups is 1. The zero-order valence-corrected chi connectivity index (χ0v) is 13.6. The van der Waals surface area contributed by atoms with Crippen LogP contribution >= 0.6 is 0 Å². The van der Waals surface area contributed by atoms with Crippen LogP contribution in [0.3, 0.4) is 0 Å². The predicted octanol–water partition coefficient (Wildman–Crippen LogP) is 2.72. The highest BCUT2D eigenvalue weighted by Gasteiger charge is 2.28. The van der Waals surface area contributed by atoms with Gasteiger partial charge >= 0.3 is 5.95 Å². The number of nitrogens with zero attached hydrogens (tertiary/aromatic N) is 2. The van der Waals surface area contributed by atoms with E-state index >= 15 is 0 Å². The number of hydrogen-bond donors (Lipinski definition) is 2. The lowest BCUT2D eigenvalue weighted by Gasteiger charge is -2.24. The van der Waals surface area contributed by atoms with Gasteiger partial charge in [-0.1, -0.05) is 46.2 Å². The third-order valence-electron chi connectivity index (χ3n) is 4.11. The zero-order valence-electron chi connectivity index (χ0n) is 13.6. The second-order valence-corrected chi connectivity index (χ2v) is 6.84. The van der Waals surface area contributed by atoms with E-state index in [2.05, 4.69) is 23.6 Å². The summed E-state index contributed by atoms with van der Waals surface area (Å²) >= 11 is 0. The number of unbranched alkanes of at least 4 members (excludes halogenated alkanes) is 1. The molecule has 0 saturated carbocycles. The van der Waals surface area contributed by atoms with Crippen molar-refractivity contribution >= 4 is 17.0 Å². The van der Waals surface area contributed by atoms with Crippen LogP contribution < -0.4 is 10.3 Å². The van der Waals surface area contributed by atoms with Gasteiger partial charge in [-0.2, -0.15) is 0 Å². The molecule has 1 aromatic heterocycles. The van der Waals surface area contributed by atoms with Crippen LogP contribution in [-0.4, -0.2) is 15.8 Å². The maximum atomic E-state index is 10.4. The van der Waals surface area contributed by atoms with Crippen molar-refractivity contribution in [3.63, 3.8) is 0 Å². The molecule has 1 unspecified atom stereocenters. The molecular formula is C17H28N3O+. The second-order valence-electron chi connectivity index (χ2n) is 6.84. The van der Waals surface area contributed by atoms with E-state index in [0.29, 0.717) is 6.54 Å². The molecule has 0 amide bonds. The highest BCUT2D eigenvalue weighted by atomic mass is 16.3. The molecule has 0 aliphatic carbocycles. The topological polar surface area (TPSA) is 55.1 Å². The van der Waals surface area contributed by atoms with E-state index in [1.807, 2.05) is 37.5 Å². The van der Waals surface area contributed by atoms with Gasteiger partial charge in [0.2, 0.25) is 0 Å². The monoisotopic (exact) mass is 290 g/mol. The Bertz CT molecular complexity index is 610. The Morgan fingerprint density at radius 2 is 1.95 bits per heavy atom. The number of hydrogen-bond acceptors (Lipinski definition) is 2. The Hall–Kier alpha value is -1.55. The van der Waals surface area contributed by atoms with Crippen LogP contribution in [0.25, 0.3) is 11.0 Å². The molecule has 0 fully saturated rings. The van der Waals surface area contributed by atoms with Crippen LogP contribution in [0.15, 0.2) is 24.3 Å². The van der Waals surface area contributed by atoms with Crippen molar-refractivity contribution in [2.45, 2.75) is 59.7 Å². The van der Waals surface area contributed by atoms with Gasteiger partial charge in [-0.3, -0.25) is 5.73 Å². The normalized spacial score (nSPS) is 13.8. The van der Waals surface area contributed by atoms with Crippen LogP contribution in [-0.2, 0) is 13.1 Å². The fourth-order valence-electron chi connectivity index (χ4n) is 2.50. The molecule has 1 heterocycles. The van der Waals surface area contributed by atoms with Crippen LogP contribution in [0, 0.1) is 5.41 Å². The minimum atomic E-state index is -0.435. The van der Waals surface area contributed by atoms with Gasteiger partial charge in [0.1, 0.15) is 11.0 Å². The number of anilines is 1. The van der Waals surface area contributed by atoms with Crippen molar-refractivity contribution in [2.75, 3.05) is 5.73 Å². The lowest BCUT2D eigenvalue weighted by atomic mass is 9.89. The predicted molar refractivity (Wildman–Crippen MR) is 86.9 cm³/mol. The SMILES string of the molecule is CCCCn1c(N)[n+](CC(O)C(C)(C)C)c2ccccc21. The molecular weight excluding hydrogens is 262 g/mol. The number of aliphatic hydroxyl groups excluding tert-OH is 1. The van der Waals surface area contributed by atoms with Crippen LogP contribution in [0.2, 0.25) is 0 Å². The Kier molecular flexibility index (Phi) is 4.57. The largest absolute Gasteiger partial charge is 0.389 e. The fraction of sp³-hybridized carbons (Fsp3) is 0.588. The summed E-state index contributed by atoms with van der Waals surface area (Å²) in [7, 11) is 0. The molecule has 0 aliphatic heterocycles. The summed E-state index contributed by atoms with van der Waals surface area (Å²) in [6, 6.07) is 8.23. The fourth-order valence-corrected chi connectivity index (χ4v) is 2.50. The third kappa shape index (κ3) is 3.21. The first-order chi connectivity index (χ1) is 9.86. The Morgan fingerprint density at radius 3 is 2.57 bits per heavy atom. The van der Waals surface area contributed by atoms with E-state index < -0.39 is 6.10 Å². The first-order valence-electron chi connectivity index (χ1n) is 7.81. The van der Waals surface area contributed by atoms with Crippen molar-refractivity contribution in [1.29, 1.82) is 0 Å². The van der Waals surface area contributed by atoms with Gasteiger partial charge in [-0.25, -0.2) is 9.13 Å². The molecule has 0 saturated heterocycles. The molecule has 2 aromatic rings. The molecule has 1 aromatic carbocycles. The van der Waals surface area contributed by atoms with Crippen LogP contribution in [0.5, 0.6) is 0 Å². The highest BCUT2D eigenvalue weighted by Crippen LogP contribution is 2.22. The summed E-state index contributed by atoms with van der Waals surface area (Å²) < 4.78 is 4.20. The number of rotatable bonds is 5. The maximum Gasteiger partial charge on any atom is 0.356 e. The van der Waals surface area contributed by atoms with Crippen LogP contribution in [0.1, 0.15) is 40.5 Å². The Balaban J connectivity index is 2.46. The summed E-state index contributed by atoms with van der Waals surface area (Å²) in [5.41, 5.74) is 8.44. The lowest BCUT2D eigenvalue weighted by Crippen LogP contribution is -2.46. The number of para-hydroxylation sites is 2. The van der Waals surface area contributed by atoms with Gasteiger partial charge in [0.05, 0.1) is 19.2 Å². The van der Waals surface area contributed by atoms with E-state index in [0.717, 1.165) is 36.4 Å². The maximum absolute atomic E-state index is 10.4. The van der Waals surface area contributed by atoms with E-state index in [1.165, 1.54) is 0 Å². The minimum Gasteiger partial charge on any atom is -0.389 e. The molecule has 21 heavy (non-hydrogen) atoms. The van der Waals surface area contributed by atoms with Gasteiger partial charge in [-0.05, 0) is 24.0 Å². The van der Waals surface area contributed by atoms with E-state index in [1.54, 1.807) is 0 Å². The molecule has 0 bridgehead atoms. The number of nitrogen functional groups attached to an aromatic ring is 1. The molecule has 116 valence electrons. The quantitative estimate of drug-likeness (QED) is 0.832.